The van der Waals surface area contributed by atoms with Crippen LogP contribution in [0, 0.1) is 0 Å². The molecule has 0 aliphatic rings. The number of hydrogen-bond acceptors (Lipinski definition) is 5. The van der Waals surface area contributed by atoms with Gasteiger partial charge in [0.1, 0.15) is 0 Å². The Bertz CT molecular complexity index is 750. The van der Waals surface area contributed by atoms with E-state index in [0.717, 1.165) is 0 Å². The highest BCUT2D eigenvalue weighted by Gasteiger charge is 2.18. The first-order valence-electron chi connectivity index (χ1n) is 7.36. The molecule has 5 nitrogen and oxygen atoms in total. The zero-order valence-electron chi connectivity index (χ0n) is 13.4. The van der Waals surface area contributed by atoms with Gasteiger partial charge in [-0.25, -0.2) is 4.79 Å². The fraction of sp³-hybridized carbons (Fsp3) is 0.158. The first-order valence-corrected chi connectivity index (χ1v) is 7.36. The summed E-state index contributed by atoms with van der Waals surface area (Å²) in [5.41, 5.74) is 1.15. The predicted octanol–water partition coefficient (Wildman–Crippen LogP) is 3.23. The van der Waals surface area contributed by atoms with Crippen molar-refractivity contribution in [1.82, 2.24) is 0 Å². The molecule has 0 aliphatic carbocycles. The third-order valence-corrected chi connectivity index (χ3v) is 3.34. The molecule has 0 aromatic heterocycles. The summed E-state index contributed by atoms with van der Waals surface area (Å²) in [5, 5.41) is 9.52. The molecule has 24 heavy (non-hydrogen) atoms. The molecule has 1 atom stereocenters. The molecule has 1 unspecified atom stereocenters. The van der Waals surface area contributed by atoms with Gasteiger partial charge in [0.2, 0.25) is 5.78 Å². The van der Waals surface area contributed by atoms with Crippen LogP contribution in [0.1, 0.15) is 22.8 Å². The van der Waals surface area contributed by atoms with Gasteiger partial charge < -0.3 is 14.6 Å². The van der Waals surface area contributed by atoms with E-state index in [4.69, 9.17) is 9.47 Å². The van der Waals surface area contributed by atoms with Crippen molar-refractivity contribution in [2.45, 2.75) is 13.0 Å². The summed E-state index contributed by atoms with van der Waals surface area (Å²) >= 11 is 0. The predicted molar refractivity (Wildman–Crippen MR) is 90.0 cm³/mol. The molecule has 0 heterocycles. The van der Waals surface area contributed by atoms with Crippen LogP contribution in [0.15, 0.2) is 54.6 Å². The first kappa shape index (κ1) is 17.3. The lowest BCUT2D eigenvalue weighted by atomic mass is 10.1. The largest absolute Gasteiger partial charge is 0.504 e. The summed E-state index contributed by atoms with van der Waals surface area (Å²) in [5.74, 6) is -0.570. The van der Waals surface area contributed by atoms with Gasteiger partial charge in [0.05, 0.1) is 7.11 Å². The smallest absolute Gasteiger partial charge is 0.331 e. The minimum Gasteiger partial charge on any atom is -0.504 e. The van der Waals surface area contributed by atoms with Crippen molar-refractivity contribution in [3.8, 4) is 11.5 Å². The third kappa shape index (κ3) is 4.46. The molecule has 0 fully saturated rings. The molecular formula is C19H18O5. The standard InChI is InChI=1S/C19H18O5/c1-13(19(22)15-6-4-3-5-7-15)24-18(21)11-9-14-8-10-16(20)17(12-14)23-2/h3-13,20H,1-2H3/b11-9+. The van der Waals surface area contributed by atoms with Crippen LogP contribution in [0.4, 0.5) is 0 Å². The quantitative estimate of drug-likeness (QED) is 0.501. The Balaban J connectivity index is 1.98. The maximum Gasteiger partial charge on any atom is 0.331 e. The monoisotopic (exact) mass is 326 g/mol. The fourth-order valence-corrected chi connectivity index (χ4v) is 2.07. The van der Waals surface area contributed by atoms with E-state index >= 15 is 0 Å². The highest BCUT2D eigenvalue weighted by Crippen LogP contribution is 2.26. The summed E-state index contributed by atoms with van der Waals surface area (Å²) in [6, 6.07) is 13.3. The van der Waals surface area contributed by atoms with Gasteiger partial charge in [-0.05, 0) is 30.7 Å². The Morgan fingerprint density at radius 3 is 2.50 bits per heavy atom. The van der Waals surface area contributed by atoms with E-state index in [0.29, 0.717) is 16.9 Å². The Kier molecular flexibility index (Phi) is 5.73. The molecule has 0 aliphatic heterocycles. The van der Waals surface area contributed by atoms with E-state index < -0.39 is 12.1 Å². The van der Waals surface area contributed by atoms with Crippen LogP contribution in [0.2, 0.25) is 0 Å². The van der Waals surface area contributed by atoms with Crippen molar-refractivity contribution in [2.75, 3.05) is 7.11 Å². The van der Waals surface area contributed by atoms with Crippen molar-refractivity contribution >= 4 is 17.8 Å². The summed E-state index contributed by atoms with van der Waals surface area (Å²) < 4.78 is 10.1. The second-order valence-electron chi connectivity index (χ2n) is 5.07. The minimum absolute atomic E-state index is 0.0132. The van der Waals surface area contributed by atoms with Crippen LogP contribution in [0.5, 0.6) is 11.5 Å². The normalized spacial score (nSPS) is 11.9. The number of ketones is 1. The molecule has 124 valence electrons. The molecule has 1 N–H and O–H groups in total. The molecule has 0 amide bonds. The van der Waals surface area contributed by atoms with Crippen LogP contribution in [0.25, 0.3) is 6.08 Å². The second kappa shape index (κ2) is 7.97. The van der Waals surface area contributed by atoms with Crippen LogP contribution in [-0.2, 0) is 9.53 Å². The maximum atomic E-state index is 12.1. The number of hydrogen-bond donors (Lipinski definition) is 1. The molecule has 2 aromatic carbocycles. The summed E-state index contributed by atoms with van der Waals surface area (Å²) in [4.78, 5) is 24.0. The van der Waals surface area contributed by atoms with Crippen molar-refractivity contribution < 1.29 is 24.2 Å². The van der Waals surface area contributed by atoms with Crippen LogP contribution in [0.3, 0.4) is 0 Å². The number of carbonyl (C=O) groups excluding carboxylic acids is 2. The van der Waals surface area contributed by atoms with Crippen LogP contribution < -0.4 is 4.74 Å². The molecule has 2 aromatic rings. The topological polar surface area (TPSA) is 72.8 Å². The van der Waals surface area contributed by atoms with Gasteiger partial charge in [-0.15, -0.1) is 0 Å². The van der Waals surface area contributed by atoms with Crippen LogP contribution in [-0.4, -0.2) is 30.1 Å². The molecule has 0 radical (unpaired) electrons. The van der Waals surface area contributed by atoms with E-state index in [9.17, 15) is 14.7 Å². The number of rotatable bonds is 6. The number of ether oxygens (including phenoxy) is 2. The van der Waals surface area contributed by atoms with E-state index in [1.165, 1.54) is 32.3 Å². The Morgan fingerprint density at radius 1 is 1.12 bits per heavy atom. The first-order chi connectivity index (χ1) is 11.5. The van der Waals surface area contributed by atoms with Gasteiger partial charge in [0.25, 0.3) is 0 Å². The van der Waals surface area contributed by atoms with Crippen LogP contribution >= 0.6 is 0 Å². The SMILES string of the molecule is COc1cc(/C=C/C(=O)OC(C)C(=O)c2ccccc2)ccc1O. The Morgan fingerprint density at radius 2 is 1.83 bits per heavy atom. The number of phenols is 1. The molecule has 0 saturated heterocycles. The summed E-state index contributed by atoms with van der Waals surface area (Å²) in [6.45, 7) is 1.53. The van der Waals surface area contributed by atoms with Crippen molar-refractivity contribution in [1.29, 1.82) is 0 Å². The van der Waals surface area contributed by atoms with Crippen molar-refractivity contribution in [3.63, 3.8) is 0 Å². The highest BCUT2D eigenvalue weighted by molar-refractivity contribution is 6.01. The van der Waals surface area contributed by atoms with Crippen molar-refractivity contribution in [3.05, 3.63) is 65.7 Å². The zero-order chi connectivity index (χ0) is 17.5. The average Bonchev–Trinajstić information content (AvgIpc) is 2.61. The van der Waals surface area contributed by atoms with Gasteiger partial charge in [-0.2, -0.15) is 0 Å². The number of aromatic hydroxyl groups is 1. The number of carbonyl (C=O) groups is 2. The number of phenolic OH excluding ortho intramolecular Hbond substituents is 1. The lowest BCUT2D eigenvalue weighted by molar-refractivity contribution is -0.140. The molecule has 5 heteroatoms. The van der Waals surface area contributed by atoms with Gasteiger partial charge in [-0.1, -0.05) is 36.4 Å². The minimum atomic E-state index is -0.876. The lowest BCUT2D eigenvalue weighted by Crippen LogP contribution is -2.23. The third-order valence-electron chi connectivity index (χ3n) is 3.34. The lowest BCUT2D eigenvalue weighted by Gasteiger charge is -2.10. The Hall–Kier alpha value is -3.08. The second-order valence-corrected chi connectivity index (χ2v) is 5.07. The molecule has 2 rings (SSSR count). The maximum absolute atomic E-state index is 12.1. The van der Waals surface area contributed by atoms with E-state index in [1.807, 2.05) is 6.07 Å². The average molecular weight is 326 g/mol. The van der Waals surface area contributed by atoms with Gasteiger partial charge in [0, 0.05) is 11.6 Å². The highest BCUT2D eigenvalue weighted by atomic mass is 16.5. The van der Waals surface area contributed by atoms with Gasteiger partial charge >= 0.3 is 5.97 Å². The molecule has 0 spiro atoms. The summed E-state index contributed by atoms with van der Waals surface area (Å²) in [7, 11) is 1.44. The molecular weight excluding hydrogens is 308 g/mol. The van der Waals surface area contributed by atoms with E-state index in [2.05, 4.69) is 0 Å². The number of esters is 1. The molecule has 0 bridgehead atoms. The summed E-state index contributed by atoms with van der Waals surface area (Å²) in [6.07, 6.45) is 1.86. The fourth-order valence-electron chi connectivity index (χ4n) is 2.07. The number of Topliss-reactive ketones (excluding diaryl/α,β-unsaturated/α-hetero) is 1. The van der Waals surface area contributed by atoms with Gasteiger partial charge in [0.15, 0.2) is 17.6 Å². The zero-order valence-corrected chi connectivity index (χ0v) is 13.4. The van der Waals surface area contributed by atoms with Gasteiger partial charge in [-0.3, -0.25) is 4.79 Å². The number of methoxy groups -OCH3 is 1. The Labute approximate surface area is 140 Å². The van der Waals surface area contributed by atoms with Crippen molar-refractivity contribution in [2.24, 2.45) is 0 Å². The van der Waals surface area contributed by atoms with E-state index in [1.54, 1.807) is 36.4 Å². The van der Waals surface area contributed by atoms with E-state index in [-0.39, 0.29) is 11.5 Å². The number of benzene rings is 2. The molecule has 0 saturated carbocycles.